The number of ketones is 1. The van der Waals surface area contributed by atoms with Crippen molar-refractivity contribution in [3.05, 3.63) is 40.6 Å². The van der Waals surface area contributed by atoms with Crippen LogP contribution in [0.5, 0.6) is 0 Å². The van der Waals surface area contributed by atoms with Crippen molar-refractivity contribution in [2.75, 3.05) is 13.7 Å². The lowest BCUT2D eigenvalue weighted by Gasteiger charge is -2.18. The van der Waals surface area contributed by atoms with Crippen LogP contribution in [0.4, 0.5) is 8.78 Å². The number of rotatable bonds is 5. The Morgan fingerprint density at radius 2 is 2.08 bits per heavy atom. The fourth-order valence-electron chi connectivity index (χ4n) is 2.84. The molecule has 1 atom stereocenters. The van der Waals surface area contributed by atoms with Gasteiger partial charge in [-0.15, -0.1) is 0 Å². The van der Waals surface area contributed by atoms with Crippen LogP contribution >= 0.6 is 9.24 Å². The van der Waals surface area contributed by atoms with E-state index in [-0.39, 0.29) is 18.1 Å². The van der Waals surface area contributed by atoms with Gasteiger partial charge in [0.05, 0.1) is 6.61 Å². The van der Waals surface area contributed by atoms with Gasteiger partial charge in [0.25, 0.3) is 0 Å². The van der Waals surface area contributed by atoms with Gasteiger partial charge in [-0.25, -0.2) is 0 Å². The number of ether oxygens (including phenoxy) is 1. The van der Waals surface area contributed by atoms with Crippen molar-refractivity contribution in [1.29, 1.82) is 0 Å². The summed E-state index contributed by atoms with van der Waals surface area (Å²) in [5.74, 6) is -0.0896. The molecule has 6 heteroatoms. The first-order valence-corrected chi connectivity index (χ1v) is 8.39. The van der Waals surface area contributed by atoms with Gasteiger partial charge >= 0.3 is 5.66 Å². The maximum atomic E-state index is 14.2. The summed E-state index contributed by atoms with van der Waals surface area (Å²) in [5.41, 5.74) is -0.237. The molecule has 0 N–H and O–H groups in total. The molecule has 1 aliphatic heterocycles. The van der Waals surface area contributed by atoms with Crippen molar-refractivity contribution in [3.8, 4) is 0 Å². The SMILES string of the molecule is COCC1=NC(C(F)(F)P)=C(c2cc(C(C)=O)ccc2C)CCC1. The Hall–Kier alpha value is -1.45. The largest absolute Gasteiger partial charge is 0.379 e. The second kappa shape index (κ2) is 7.62. The fraction of sp³-hybridized carbons (Fsp3) is 0.444. The van der Waals surface area contributed by atoms with E-state index in [2.05, 4.69) is 4.99 Å². The average molecular weight is 353 g/mol. The average Bonchev–Trinajstić information content (AvgIpc) is 2.70. The Morgan fingerprint density at radius 1 is 1.38 bits per heavy atom. The zero-order valence-electron chi connectivity index (χ0n) is 14.2. The Bertz CT molecular complexity index is 701. The first-order chi connectivity index (χ1) is 11.2. The van der Waals surface area contributed by atoms with Crippen molar-refractivity contribution in [2.45, 2.75) is 38.8 Å². The third kappa shape index (κ3) is 4.34. The van der Waals surface area contributed by atoms with Gasteiger partial charge in [-0.1, -0.05) is 21.4 Å². The number of carbonyl (C=O) groups is 1. The first-order valence-electron chi connectivity index (χ1n) is 7.81. The van der Waals surface area contributed by atoms with Crippen LogP contribution in [0.15, 0.2) is 28.9 Å². The number of Topliss-reactive ketones (excluding diaryl/α,β-unsaturated/α-hetero) is 1. The number of allylic oxidation sites excluding steroid dienone is 2. The van der Waals surface area contributed by atoms with Gasteiger partial charge in [-0.05, 0) is 55.9 Å². The quantitative estimate of drug-likeness (QED) is 0.571. The molecule has 0 aromatic heterocycles. The predicted molar refractivity (Wildman–Crippen MR) is 95.9 cm³/mol. The molecule has 1 aromatic carbocycles. The van der Waals surface area contributed by atoms with Crippen LogP contribution in [-0.2, 0) is 4.74 Å². The third-order valence-electron chi connectivity index (χ3n) is 4.04. The van der Waals surface area contributed by atoms with Crippen molar-refractivity contribution in [1.82, 2.24) is 0 Å². The minimum atomic E-state index is -3.14. The summed E-state index contributed by atoms with van der Waals surface area (Å²) >= 11 is 0. The summed E-state index contributed by atoms with van der Waals surface area (Å²) < 4.78 is 33.5. The summed E-state index contributed by atoms with van der Waals surface area (Å²) in [6.07, 6.45) is 1.82. The maximum Gasteiger partial charge on any atom is 0.300 e. The number of hydrogen-bond donors (Lipinski definition) is 0. The van der Waals surface area contributed by atoms with E-state index in [1.165, 1.54) is 14.0 Å². The number of alkyl halides is 2. The summed E-state index contributed by atoms with van der Waals surface area (Å²) in [6, 6.07) is 5.21. The Kier molecular flexibility index (Phi) is 6.00. The molecule has 0 fully saturated rings. The van der Waals surface area contributed by atoms with Crippen molar-refractivity contribution < 1.29 is 18.3 Å². The lowest BCUT2D eigenvalue weighted by atomic mass is 9.92. The highest BCUT2D eigenvalue weighted by Crippen LogP contribution is 2.41. The number of nitrogens with zero attached hydrogens (tertiary/aromatic N) is 1. The third-order valence-corrected chi connectivity index (χ3v) is 4.32. The lowest BCUT2D eigenvalue weighted by molar-refractivity contribution is 0.101. The summed E-state index contributed by atoms with van der Waals surface area (Å²) in [7, 11) is 3.10. The van der Waals surface area contributed by atoms with Gasteiger partial charge in [-0.2, -0.15) is 8.78 Å². The lowest BCUT2D eigenvalue weighted by Crippen LogP contribution is -2.13. The standard InChI is InChI=1S/C18H22F2NO2P/c1-11-7-8-13(12(2)22)9-16(11)15-6-4-5-14(10-23-3)21-17(15)18(19,20)24/h7-9H,4-6,10,24H2,1-3H3. The maximum absolute atomic E-state index is 14.2. The van der Waals surface area contributed by atoms with Crippen molar-refractivity contribution in [2.24, 2.45) is 4.99 Å². The van der Waals surface area contributed by atoms with E-state index in [1.54, 1.807) is 27.4 Å². The molecular formula is C18H22F2NO2P. The van der Waals surface area contributed by atoms with Gasteiger partial charge in [0.1, 0.15) is 5.70 Å². The van der Waals surface area contributed by atoms with Crippen LogP contribution in [-0.4, -0.2) is 30.9 Å². The highest BCUT2D eigenvalue weighted by atomic mass is 31.0. The monoisotopic (exact) mass is 353 g/mol. The molecule has 0 aliphatic carbocycles. The molecule has 0 saturated heterocycles. The first kappa shape index (κ1) is 18.9. The molecule has 0 saturated carbocycles. The van der Waals surface area contributed by atoms with Gasteiger partial charge in [0, 0.05) is 18.4 Å². The minimum absolute atomic E-state index is 0.0896. The fourth-order valence-corrected chi connectivity index (χ4v) is 3.08. The molecule has 0 amide bonds. The smallest absolute Gasteiger partial charge is 0.300 e. The van der Waals surface area contributed by atoms with Crippen molar-refractivity contribution >= 4 is 26.3 Å². The normalized spacial score (nSPS) is 16.0. The minimum Gasteiger partial charge on any atom is -0.379 e. The predicted octanol–water partition coefficient (Wildman–Crippen LogP) is 4.65. The van der Waals surface area contributed by atoms with Crippen LogP contribution in [0.1, 0.15) is 47.7 Å². The molecule has 3 nitrogen and oxygen atoms in total. The van der Waals surface area contributed by atoms with E-state index in [0.29, 0.717) is 41.7 Å². The number of benzene rings is 1. The highest BCUT2D eigenvalue weighted by molar-refractivity contribution is 7.18. The number of aliphatic imine (C=N–C) groups is 1. The zero-order chi connectivity index (χ0) is 17.9. The zero-order valence-corrected chi connectivity index (χ0v) is 15.3. The van der Waals surface area contributed by atoms with E-state index in [0.717, 1.165) is 5.56 Å². The molecule has 0 bridgehead atoms. The van der Waals surface area contributed by atoms with Gasteiger partial charge < -0.3 is 4.74 Å². The van der Waals surface area contributed by atoms with E-state index < -0.39 is 5.66 Å². The van der Waals surface area contributed by atoms with Crippen molar-refractivity contribution in [3.63, 3.8) is 0 Å². The van der Waals surface area contributed by atoms with E-state index in [4.69, 9.17) is 4.74 Å². The molecule has 1 aromatic rings. The molecule has 1 unspecified atom stereocenters. The number of methoxy groups -OCH3 is 1. The van der Waals surface area contributed by atoms with Crippen LogP contribution in [0.25, 0.3) is 5.57 Å². The highest BCUT2D eigenvalue weighted by Gasteiger charge is 2.33. The topological polar surface area (TPSA) is 38.7 Å². The van der Waals surface area contributed by atoms with Gasteiger partial charge in [0.2, 0.25) is 0 Å². The Labute approximate surface area is 143 Å². The number of hydrogen-bond acceptors (Lipinski definition) is 3. The number of aryl methyl sites for hydroxylation is 1. The van der Waals surface area contributed by atoms with E-state index in [1.807, 2.05) is 6.92 Å². The Morgan fingerprint density at radius 3 is 2.67 bits per heavy atom. The molecule has 24 heavy (non-hydrogen) atoms. The molecule has 1 heterocycles. The molecule has 1 aliphatic rings. The molecule has 0 spiro atoms. The van der Waals surface area contributed by atoms with Gasteiger partial charge in [0.15, 0.2) is 5.78 Å². The molecule has 130 valence electrons. The van der Waals surface area contributed by atoms with E-state index in [9.17, 15) is 13.6 Å². The summed E-state index contributed by atoms with van der Waals surface area (Å²) in [6.45, 7) is 3.56. The summed E-state index contributed by atoms with van der Waals surface area (Å²) in [5, 5.41) is 0. The van der Waals surface area contributed by atoms with E-state index >= 15 is 0 Å². The number of halogens is 2. The Balaban J connectivity index is 2.67. The van der Waals surface area contributed by atoms with Crippen LogP contribution < -0.4 is 0 Å². The molecular weight excluding hydrogens is 331 g/mol. The molecule has 2 rings (SSSR count). The second-order valence-electron chi connectivity index (χ2n) is 6.00. The second-order valence-corrected chi connectivity index (χ2v) is 6.73. The van der Waals surface area contributed by atoms with Gasteiger partial charge in [-0.3, -0.25) is 9.79 Å². The number of carbonyl (C=O) groups excluding carboxylic acids is 1. The summed E-state index contributed by atoms with van der Waals surface area (Å²) in [4.78, 5) is 15.9. The van der Waals surface area contributed by atoms with Crippen LogP contribution in [0.2, 0.25) is 0 Å². The van der Waals surface area contributed by atoms with Crippen LogP contribution in [0.3, 0.4) is 0 Å². The van der Waals surface area contributed by atoms with Crippen LogP contribution in [0, 0.1) is 6.92 Å². The molecule has 0 radical (unpaired) electrons.